The Kier molecular flexibility index (Phi) is 7.24. The molecule has 0 atom stereocenters. The standard InChI is InChI=1S/C25H32N2O2S/c1-18-7-5-6-8-22(18)24(29)26-20-13-15-27(16-14-20)23(28)17-30-21-11-9-19(10-12-21)25(2,3)4/h5-12,20H,13-17H2,1-4H3,(H,26,29). The Hall–Kier alpha value is -2.27. The van der Waals surface area contributed by atoms with E-state index in [4.69, 9.17) is 0 Å². The number of thioether (sulfide) groups is 1. The van der Waals surface area contributed by atoms with Crippen molar-refractivity contribution in [1.82, 2.24) is 10.2 Å². The van der Waals surface area contributed by atoms with E-state index in [1.807, 2.05) is 36.1 Å². The normalized spacial score (nSPS) is 15.1. The molecule has 2 amide bonds. The van der Waals surface area contributed by atoms with E-state index in [2.05, 4.69) is 50.4 Å². The zero-order valence-electron chi connectivity index (χ0n) is 18.4. The third kappa shape index (κ3) is 5.88. The third-order valence-electron chi connectivity index (χ3n) is 5.66. The minimum absolute atomic E-state index is 0.0212. The molecule has 0 bridgehead atoms. The predicted molar refractivity (Wildman–Crippen MR) is 124 cm³/mol. The van der Waals surface area contributed by atoms with Crippen molar-refractivity contribution in [3.63, 3.8) is 0 Å². The molecule has 1 aliphatic rings. The lowest BCUT2D eigenvalue weighted by Gasteiger charge is -2.32. The Bertz CT molecular complexity index is 879. The topological polar surface area (TPSA) is 49.4 Å². The number of carbonyl (C=O) groups is 2. The molecule has 3 rings (SSSR count). The highest BCUT2D eigenvalue weighted by Gasteiger charge is 2.24. The summed E-state index contributed by atoms with van der Waals surface area (Å²) in [6.07, 6.45) is 1.60. The SMILES string of the molecule is Cc1ccccc1C(=O)NC1CCN(C(=O)CSc2ccc(C(C)(C)C)cc2)CC1. The van der Waals surface area contributed by atoms with E-state index in [0.29, 0.717) is 18.8 Å². The second-order valence-electron chi connectivity index (χ2n) is 9.01. The number of amides is 2. The summed E-state index contributed by atoms with van der Waals surface area (Å²) in [6, 6.07) is 16.3. The van der Waals surface area contributed by atoms with Gasteiger partial charge in [-0.25, -0.2) is 0 Å². The predicted octanol–water partition coefficient (Wildman–Crippen LogP) is 4.81. The van der Waals surface area contributed by atoms with Crippen molar-refractivity contribution in [3.05, 3.63) is 65.2 Å². The number of piperidine rings is 1. The molecule has 1 heterocycles. The summed E-state index contributed by atoms with van der Waals surface area (Å²) in [5.74, 6) is 0.602. The molecule has 1 N–H and O–H groups in total. The van der Waals surface area contributed by atoms with Crippen molar-refractivity contribution >= 4 is 23.6 Å². The summed E-state index contributed by atoms with van der Waals surface area (Å²) in [5, 5.41) is 3.13. The summed E-state index contributed by atoms with van der Waals surface area (Å²) in [6.45, 7) is 9.94. The number of nitrogens with zero attached hydrogens (tertiary/aromatic N) is 1. The van der Waals surface area contributed by atoms with Gasteiger partial charge in [0.2, 0.25) is 5.91 Å². The maximum absolute atomic E-state index is 12.6. The maximum atomic E-state index is 12.6. The van der Waals surface area contributed by atoms with Gasteiger partial charge in [0.1, 0.15) is 0 Å². The van der Waals surface area contributed by atoms with E-state index < -0.39 is 0 Å². The van der Waals surface area contributed by atoms with Crippen LogP contribution in [0.15, 0.2) is 53.4 Å². The number of hydrogen-bond donors (Lipinski definition) is 1. The summed E-state index contributed by atoms with van der Waals surface area (Å²) < 4.78 is 0. The van der Waals surface area contributed by atoms with Gasteiger partial charge in [-0.1, -0.05) is 51.1 Å². The van der Waals surface area contributed by atoms with Gasteiger partial charge < -0.3 is 10.2 Å². The molecule has 1 saturated heterocycles. The van der Waals surface area contributed by atoms with E-state index in [1.54, 1.807) is 11.8 Å². The summed E-state index contributed by atoms with van der Waals surface area (Å²) in [7, 11) is 0. The van der Waals surface area contributed by atoms with E-state index in [1.165, 1.54) is 5.56 Å². The molecule has 30 heavy (non-hydrogen) atoms. The van der Waals surface area contributed by atoms with Gasteiger partial charge in [0.05, 0.1) is 5.75 Å². The highest BCUT2D eigenvalue weighted by atomic mass is 32.2. The highest BCUT2D eigenvalue weighted by molar-refractivity contribution is 8.00. The minimum atomic E-state index is -0.0212. The lowest BCUT2D eigenvalue weighted by Crippen LogP contribution is -2.47. The molecule has 0 aromatic heterocycles. The number of rotatable bonds is 5. The van der Waals surface area contributed by atoms with Crippen molar-refractivity contribution in [2.45, 2.75) is 56.9 Å². The largest absolute Gasteiger partial charge is 0.349 e. The van der Waals surface area contributed by atoms with Gasteiger partial charge >= 0.3 is 0 Å². The van der Waals surface area contributed by atoms with Gasteiger partial charge in [0, 0.05) is 29.6 Å². The third-order valence-corrected chi connectivity index (χ3v) is 6.65. The van der Waals surface area contributed by atoms with Crippen LogP contribution in [0.4, 0.5) is 0 Å². The fourth-order valence-electron chi connectivity index (χ4n) is 3.65. The molecule has 0 unspecified atom stereocenters. The van der Waals surface area contributed by atoms with E-state index in [-0.39, 0.29) is 23.3 Å². The molecule has 0 radical (unpaired) electrons. The van der Waals surface area contributed by atoms with Gasteiger partial charge in [0.25, 0.3) is 5.91 Å². The first kappa shape index (κ1) is 22.4. The average Bonchev–Trinajstić information content (AvgIpc) is 2.72. The second-order valence-corrected chi connectivity index (χ2v) is 10.1. The molecule has 2 aromatic rings. The Balaban J connectivity index is 1.44. The average molecular weight is 425 g/mol. The summed E-state index contributed by atoms with van der Waals surface area (Å²) >= 11 is 1.59. The van der Waals surface area contributed by atoms with Gasteiger partial charge in [0.15, 0.2) is 0 Å². The Morgan fingerprint density at radius 2 is 1.67 bits per heavy atom. The molecule has 5 heteroatoms. The number of likely N-dealkylation sites (tertiary alicyclic amines) is 1. The van der Waals surface area contributed by atoms with Crippen molar-refractivity contribution in [2.75, 3.05) is 18.8 Å². The Morgan fingerprint density at radius 1 is 1.03 bits per heavy atom. The Morgan fingerprint density at radius 3 is 2.27 bits per heavy atom. The first-order valence-electron chi connectivity index (χ1n) is 10.6. The minimum Gasteiger partial charge on any atom is -0.349 e. The van der Waals surface area contributed by atoms with Crippen LogP contribution in [0.2, 0.25) is 0 Å². The molecule has 2 aromatic carbocycles. The van der Waals surface area contributed by atoms with Crippen LogP contribution in [0.3, 0.4) is 0 Å². The van der Waals surface area contributed by atoms with E-state index >= 15 is 0 Å². The van der Waals surface area contributed by atoms with Crippen LogP contribution >= 0.6 is 11.8 Å². The lowest BCUT2D eigenvalue weighted by atomic mass is 9.87. The molecular formula is C25H32N2O2S. The molecule has 160 valence electrons. The molecule has 0 saturated carbocycles. The second kappa shape index (κ2) is 9.69. The maximum Gasteiger partial charge on any atom is 0.251 e. The lowest BCUT2D eigenvalue weighted by molar-refractivity contribution is -0.129. The molecule has 4 nitrogen and oxygen atoms in total. The van der Waals surface area contributed by atoms with Gasteiger partial charge in [-0.2, -0.15) is 0 Å². The first-order valence-corrected chi connectivity index (χ1v) is 11.6. The van der Waals surface area contributed by atoms with Crippen LogP contribution < -0.4 is 5.32 Å². The quantitative estimate of drug-likeness (QED) is 0.701. The van der Waals surface area contributed by atoms with Crippen LogP contribution in [0.1, 0.15) is 55.1 Å². The zero-order valence-corrected chi connectivity index (χ0v) is 19.2. The smallest absolute Gasteiger partial charge is 0.251 e. The fourth-order valence-corrected chi connectivity index (χ4v) is 4.45. The highest BCUT2D eigenvalue weighted by Crippen LogP contribution is 2.26. The molecule has 1 aliphatic heterocycles. The van der Waals surface area contributed by atoms with Crippen molar-refractivity contribution in [3.8, 4) is 0 Å². The van der Waals surface area contributed by atoms with Crippen LogP contribution in [0.25, 0.3) is 0 Å². The van der Waals surface area contributed by atoms with Crippen molar-refractivity contribution < 1.29 is 9.59 Å². The number of carbonyl (C=O) groups excluding carboxylic acids is 2. The number of aryl methyl sites for hydroxylation is 1. The van der Waals surface area contributed by atoms with Gasteiger partial charge in [-0.15, -0.1) is 11.8 Å². The zero-order chi connectivity index (χ0) is 21.7. The van der Waals surface area contributed by atoms with Crippen LogP contribution in [0, 0.1) is 6.92 Å². The van der Waals surface area contributed by atoms with E-state index in [0.717, 1.165) is 28.9 Å². The molecule has 0 spiro atoms. The van der Waals surface area contributed by atoms with Crippen molar-refractivity contribution in [2.24, 2.45) is 0 Å². The molecule has 1 fully saturated rings. The van der Waals surface area contributed by atoms with Crippen molar-refractivity contribution in [1.29, 1.82) is 0 Å². The fraction of sp³-hybridized carbons (Fsp3) is 0.440. The first-order chi connectivity index (χ1) is 14.2. The Labute approximate surface area is 184 Å². The molecule has 0 aliphatic carbocycles. The summed E-state index contributed by atoms with van der Waals surface area (Å²) in [5.41, 5.74) is 3.14. The summed E-state index contributed by atoms with van der Waals surface area (Å²) in [4.78, 5) is 28.2. The number of benzene rings is 2. The molecular weight excluding hydrogens is 392 g/mol. The van der Waals surface area contributed by atoms with E-state index in [9.17, 15) is 9.59 Å². The number of hydrogen-bond acceptors (Lipinski definition) is 3. The van der Waals surface area contributed by atoms with Gasteiger partial charge in [-0.05, 0) is 54.5 Å². The van der Waals surface area contributed by atoms with Crippen LogP contribution in [-0.2, 0) is 10.2 Å². The van der Waals surface area contributed by atoms with Gasteiger partial charge in [-0.3, -0.25) is 9.59 Å². The van der Waals surface area contributed by atoms with Crippen LogP contribution in [-0.4, -0.2) is 41.6 Å². The van der Waals surface area contributed by atoms with Crippen LogP contribution in [0.5, 0.6) is 0 Å². The number of nitrogens with one attached hydrogen (secondary N) is 1. The monoisotopic (exact) mass is 424 g/mol.